The summed E-state index contributed by atoms with van der Waals surface area (Å²) in [5.41, 5.74) is 1.02. The van der Waals surface area contributed by atoms with Gasteiger partial charge < -0.3 is 24.8 Å². The van der Waals surface area contributed by atoms with Crippen LogP contribution in [0.3, 0.4) is 0 Å². The number of cyclic esters (lactones) is 1. The number of carbonyl (C=O) groups excluding carboxylic acids is 2. The van der Waals surface area contributed by atoms with Crippen molar-refractivity contribution in [2.24, 2.45) is 0 Å². The predicted molar refractivity (Wildman–Crippen MR) is 111 cm³/mol. The molecule has 0 aromatic heterocycles. The number of carbonyl (C=O) groups is 2. The molecule has 1 atom stereocenters. The van der Waals surface area contributed by atoms with Gasteiger partial charge in [-0.2, -0.15) is 0 Å². The van der Waals surface area contributed by atoms with Crippen LogP contribution in [0.5, 0.6) is 11.5 Å². The van der Waals surface area contributed by atoms with Gasteiger partial charge in [-0.15, -0.1) is 0 Å². The molecule has 2 aromatic carbocycles. The molecule has 29 heavy (non-hydrogen) atoms. The number of amides is 3. The average molecular weight is 440 g/mol. The van der Waals surface area contributed by atoms with Crippen LogP contribution in [-0.4, -0.2) is 45.5 Å². The molecule has 1 fully saturated rings. The molecule has 2 aromatic rings. The molecule has 0 aliphatic carbocycles. The number of benzene rings is 2. The Labute approximate surface area is 177 Å². The van der Waals surface area contributed by atoms with Crippen LogP contribution in [0.25, 0.3) is 0 Å². The first-order valence-corrected chi connectivity index (χ1v) is 9.37. The van der Waals surface area contributed by atoms with Crippen molar-refractivity contribution < 1.29 is 23.8 Å². The molecule has 3 amide bonds. The van der Waals surface area contributed by atoms with Crippen molar-refractivity contribution in [3.8, 4) is 11.5 Å². The van der Waals surface area contributed by atoms with Crippen molar-refractivity contribution in [2.75, 3.05) is 37.5 Å². The number of urea groups is 1. The second-order valence-corrected chi connectivity index (χ2v) is 6.91. The van der Waals surface area contributed by atoms with E-state index in [1.54, 1.807) is 36.4 Å². The third kappa shape index (κ3) is 4.78. The zero-order valence-electron chi connectivity index (χ0n) is 15.7. The Kier molecular flexibility index (Phi) is 6.56. The molecule has 2 N–H and O–H groups in total. The van der Waals surface area contributed by atoms with Crippen LogP contribution < -0.4 is 25.0 Å². The zero-order chi connectivity index (χ0) is 21.0. The molecule has 1 saturated heterocycles. The number of para-hydroxylation sites is 1. The van der Waals surface area contributed by atoms with Gasteiger partial charge in [-0.25, -0.2) is 9.59 Å². The highest BCUT2D eigenvalue weighted by atomic mass is 35.5. The fraction of sp³-hybridized carbons (Fsp3) is 0.263. The zero-order valence-corrected chi connectivity index (χ0v) is 17.2. The van der Waals surface area contributed by atoms with E-state index >= 15 is 0 Å². The van der Waals surface area contributed by atoms with Crippen LogP contribution in [-0.2, 0) is 4.74 Å². The van der Waals surface area contributed by atoms with Gasteiger partial charge in [-0.05, 0) is 30.3 Å². The van der Waals surface area contributed by atoms with E-state index in [-0.39, 0.29) is 13.1 Å². The Morgan fingerprint density at radius 2 is 2.00 bits per heavy atom. The second-order valence-electron chi connectivity index (χ2n) is 6.09. The summed E-state index contributed by atoms with van der Waals surface area (Å²) in [6, 6.07) is 9.52. The highest BCUT2D eigenvalue weighted by Crippen LogP contribution is 2.34. The van der Waals surface area contributed by atoms with Crippen LogP contribution in [0, 0.1) is 0 Å². The molecule has 0 unspecified atom stereocenters. The van der Waals surface area contributed by atoms with Crippen LogP contribution in [0.2, 0.25) is 10.0 Å². The van der Waals surface area contributed by atoms with E-state index in [0.29, 0.717) is 32.9 Å². The second kappa shape index (κ2) is 9.11. The number of nitrogens with zero attached hydrogens (tertiary/aromatic N) is 1. The highest BCUT2D eigenvalue weighted by molar-refractivity contribution is 6.42. The molecule has 8 nitrogen and oxygen atoms in total. The van der Waals surface area contributed by atoms with Gasteiger partial charge in [0.15, 0.2) is 11.5 Å². The quantitative estimate of drug-likeness (QED) is 0.705. The summed E-state index contributed by atoms with van der Waals surface area (Å²) in [5.74, 6) is 0.899. The van der Waals surface area contributed by atoms with Gasteiger partial charge in [0, 0.05) is 5.69 Å². The Bertz CT molecular complexity index is 925. The van der Waals surface area contributed by atoms with Crippen molar-refractivity contribution in [2.45, 2.75) is 6.10 Å². The van der Waals surface area contributed by atoms with E-state index in [9.17, 15) is 9.59 Å². The summed E-state index contributed by atoms with van der Waals surface area (Å²) in [5, 5.41) is 6.10. The molecule has 0 bridgehead atoms. The van der Waals surface area contributed by atoms with E-state index < -0.39 is 18.2 Å². The number of hydrogen-bond acceptors (Lipinski definition) is 5. The molecule has 10 heteroatoms. The SMILES string of the molecule is COc1cccc(NC(=O)NC[C@@H]2CN(c3ccc(Cl)c(Cl)c3)C(=O)O2)c1OC. The molecule has 1 heterocycles. The van der Waals surface area contributed by atoms with E-state index in [4.69, 9.17) is 37.4 Å². The number of rotatable bonds is 6. The van der Waals surface area contributed by atoms with Gasteiger partial charge in [0.05, 0.1) is 43.0 Å². The Morgan fingerprint density at radius 1 is 1.21 bits per heavy atom. The van der Waals surface area contributed by atoms with Gasteiger partial charge in [0.1, 0.15) is 6.10 Å². The van der Waals surface area contributed by atoms with Crippen molar-refractivity contribution in [3.63, 3.8) is 0 Å². The standard InChI is InChI=1S/C19H19Cl2N3O5/c1-27-16-5-3-4-15(17(16)28-2)23-18(25)22-9-12-10-24(19(26)29-12)11-6-7-13(20)14(21)8-11/h3-8,12H,9-10H2,1-2H3,(H2,22,23,25)/t12-/m1/s1. The Morgan fingerprint density at radius 3 is 2.69 bits per heavy atom. The molecule has 1 aliphatic heterocycles. The van der Waals surface area contributed by atoms with Crippen molar-refractivity contribution >= 4 is 46.7 Å². The summed E-state index contributed by atoms with van der Waals surface area (Å²) in [4.78, 5) is 25.8. The summed E-state index contributed by atoms with van der Waals surface area (Å²) in [6.07, 6.45) is -1.04. The number of hydrogen-bond donors (Lipinski definition) is 2. The minimum absolute atomic E-state index is 0.127. The maximum absolute atomic E-state index is 12.2. The first-order chi connectivity index (χ1) is 13.9. The van der Waals surface area contributed by atoms with Crippen molar-refractivity contribution in [3.05, 3.63) is 46.4 Å². The Hall–Kier alpha value is -2.84. The number of ether oxygens (including phenoxy) is 3. The summed E-state index contributed by atoms with van der Waals surface area (Å²) < 4.78 is 15.8. The first-order valence-electron chi connectivity index (χ1n) is 8.62. The molecule has 1 aliphatic rings. The third-order valence-corrected chi connectivity index (χ3v) is 4.97. The fourth-order valence-electron chi connectivity index (χ4n) is 2.85. The fourth-order valence-corrected chi connectivity index (χ4v) is 3.14. The number of methoxy groups -OCH3 is 2. The van der Waals surface area contributed by atoms with Crippen LogP contribution in [0.1, 0.15) is 0 Å². The lowest BCUT2D eigenvalue weighted by molar-refractivity contribution is 0.141. The van der Waals surface area contributed by atoms with Crippen LogP contribution in [0.15, 0.2) is 36.4 Å². The van der Waals surface area contributed by atoms with Gasteiger partial charge in [-0.1, -0.05) is 29.3 Å². The normalized spacial score (nSPS) is 15.7. The summed E-state index contributed by atoms with van der Waals surface area (Å²) in [6.45, 7) is 0.390. The molecular formula is C19H19Cl2N3O5. The third-order valence-electron chi connectivity index (χ3n) is 4.23. The first kappa shape index (κ1) is 20.9. The maximum atomic E-state index is 12.2. The lowest BCUT2D eigenvalue weighted by Crippen LogP contribution is -2.37. The molecule has 0 radical (unpaired) electrons. The maximum Gasteiger partial charge on any atom is 0.414 e. The Balaban J connectivity index is 1.57. The molecular weight excluding hydrogens is 421 g/mol. The minimum atomic E-state index is -0.523. The van der Waals surface area contributed by atoms with E-state index in [2.05, 4.69) is 10.6 Å². The van der Waals surface area contributed by atoms with Gasteiger partial charge in [-0.3, -0.25) is 4.90 Å². The van der Waals surface area contributed by atoms with E-state index in [1.807, 2.05) is 0 Å². The molecule has 154 valence electrons. The number of halogens is 2. The van der Waals surface area contributed by atoms with Crippen LogP contribution in [0.4, 0.5) is 21.0 Å². The van der Waals surface area contributed by atoms with Crippen molar-refractivity contribution in [1.82, 2.24) is 5.32 Å². The summed E-state index contributed by atoms with van der Waals surface area (Å²) in [7, 11) is 2.99. The van der Waals surface area contributed by atoms with Gasteiger partial charge >= 0.3 is 12.1 Å². The predicted octanol–water partition coefficient (Wildman–Crippen LogP) is 4.16. The van der Waals surface area contributed by atoms with E-state index in [1.165, 1.54) is 19.1 Å². The number of nitrogens with one attached hydrogen (secondary N) is 2. The minimum Gasteiger partial charge on any atom is -0.493 e. The topological polar surface area (TPSA) is 89.1 Å². The van der Waals surface area contributed by atoms with Gasteiger partial charge in [0.25, 0.3) is 0 Å². The highest BCUT2D eigenvalue weighted by Gasteiger charge is 2.32. The molecule has 0 saturated carbocycles. The van der Waals surface area contributed by atoms with Gasteiger partial charge in [0.2, 0.25) is 0 Å². The number of anilines is 2. The van der Waals surface area contributed by atoms with Crippen molar-refractivity contribution in [1.29, 1.82) is 0 Å². The monoisotopic (exact) mass is 439 g/mol. The molecule has 3 rings (SSSR count). The largest absolute Gasteiger partial charge is 0.493 e. The van der Waals surface area contributed by atoms with Crippen LogP contribution >= 0.6 is 23.2 Å². The van der Waals surface area contributed by atoms with E-state index in [0.717, 1.165) is 0 Å². The lowest BCUT2D eigenvalue weighted by Gasteiger charge is -2.15. The lowest BCUT2D eigenvalue weighted by atomic mass is 10.2. The smallest absolute Gasteiger partial charge is 0.414 e. The summed E-state index contributed by atoms with van der Waals surface area (Å²) >= 11 is 11.9. The average Bonchev–Trinajstić information content (AvgIpc) is 3.09. The molecule has 0 spiro atoms.